The van der Waals surface area contributed by atoms with Crippen molar-refractivity contribution in [2.24, 2.45) is 0 Å². The molecule has 148 valence electrons. The molecular weight excluding hydrogens is 336 g/mol. The largest absolute Gasteiger partial charge is 0.494 e. The lowest BCUT2D eigenvalue weighted by Crippen LogP contribution is -2.18. The molecule has 0 fully saturated rings. The van der Waals surface area contributed by atoms with Crippen LogP contribution in [0.5, 0.6) is 11.5 Å². The quantitative estimate of drug-likeness (QED) is 0.469. The highest BCUT2D eigenvalue weighted by Crippen LogP contribution is 2.17. The summed E-state index contributed by atoms with van der Waals surface area (Å²) in [5, 5.41) is 0. The summed E-state index contributed by atoms with van der Waals surface area (Å²) in [7, 11) is 0. The van der Waals surface area contributed by atoms with Crippen LogP contribution < -0.4 is 9.47 Å². The summed E-state index contributed by atoms with van der Waals surface area (Å²) in [6, 6.07) is 16.8. The summed E-state index contributed by atoms with van der Waals surface area (Å²) < 4.78 is 17.1. The first-order valence-electron chi connectivity index (χ1n) is 10.2. The first-order valence-corrected chi connectivity index (χ1v) is 10.2. The number of hydrogen-bond acceptors (Lipinski definition) is 3. The van der Waals surface area contributed by atoms with E-state index < -0.39 is 0 Å². The van der Waals surface area contributed by atoms with Gasteiger partial charge < -0.3 is 14.2 Å². The summed E-state index contributed by atoms with van der Waals surface area (Å²) in [5.74, 6) is 1.88. The molecule has 2 unspecified atom stereocenters. The van der Waals surface area contributed by atoms with E-state index in [0.29, 0.717) is 13.2 Å². The van der Waals surface area contributed by atoms with Crippen molar-refractivity contribution in [1.82, 2.24) is 0 Å². The molecule has 0 heterocycles. The Bertz CT molecular complexity index is 576. The Kier molecular flexibility index (Phi) is 9.20. The molecule has 0 aliphatic carbocycles. The second-order valence-corrected chi connectivity index (χ2v) is 6.99. The van der Waals surface area contributed by atoms with Gasteiger partial charge in [-0.25, -0.2) is 0 Å². The SMILES string of the molecule is CCOc1ccc(CCC(C)OC(C)CCc2ccc(OCC)cc2)cc1. The Labute approximate surface area is 164 Å². The van der Waals surface area contributed by atoms with Crippen LogP contribution in [0.25, 0.3) is 0 Å². The zero-order valence-corrected chi connectivity index (χ0v) is 17.2. The second kappa shape index (κ2) is 11.7. The lowest BCUT2D eigenvalue weighted by molar-refractivity contribution is 0.000478. The number of hydrogen-bond donors (Lipinski definition) is 0. The molecule has 2 aromatic carbocycles. The fourth-order valence-corrected chi connectivity index (χ4v) is 3.11. The van der Waals surface area contributed by atoms with Crippen LogP contribution >= 0.6 is 0 Å². The van der Waals surface area contributed by atoms with Gasteiger partial charge in [0.1, 0.15) is 11.5 Å². The first-order chi connectivity index (χ1) is 13.1. The van der Waals surface area contributed by atoms with E-state index >= 15 is 0 Å². The number of ether oxygens (including phenoxy) is 3. The third-order valence-corrected chi connectivity index (χ3v) is 4.61. The molecule has 0 aliphatic heterocycles. The molecule has 0 bridgehead atoms. The van der Waals surface area contributed by atoms with E-state index in [1.54, 1.807) is 0 Å². The van der Waals surface area contributed by atoms with Gasteiger partial charge in [0.25, 0.3) is 0 Å². The normalized spacial score (nSPS) is 13.2. The van der Waals surface area contributed by atoms with E-state index in [1.807, 2.05) is 38.1 Å². The van der Waals surface area contributed by atoms with Crippen LogP contribution in [-0.4, -0.2) is 25.4 Å². The minimum Gasteiger partial charge on any atom is -0.494 e. The van der Waals surface area contributed by atoms with Crippen molar-refractivity contribution in [2.45, 2.75) is 65.6 Å². The van der Waals surface area contributed by atoms with Crippen LogP contribution in [0.15, 0.2) is 48.5 Å². The predicted molar refractivity (Wildman–Crippen MR) is 112 cm³/mol. The third-order valence-electron chi connectivity index (χ3n) is 4.61. The van der Waals surface area contributed by atoms with Gasteiger partial charge in [-0.05, 0) is 88.8 Å². The van der Waals surface area contributed by atoms with Crippen molar-refractivity contribution in [2.75, 3.05) is 13.2 Å². The fourth-order valence-electron chi connectivity index (χ4n) is 3.11. The molecule has 0 N–H and O–H groups in total. The highest BCUT2D eigenvalue weighted by Gasteiger charge is 2.10. The predicted octanol–water partition coefficient (Wildman–Crippen LogP) is 5.84. The molecule has 0 spiro atoms. The molecule has 3 nitrogen and oxygen atoms in total. The molecule has 3 heteroatoms. The van der Waals surface area contributed by atoms with Gasteiger partial charge in [0.05, 0.1) is 25.4 Å². The number of benzene rings is 2. The lowest BCUT2D eigenvalue weighted by atomic mass is 10.1. The molecule has 2 atom stereocenters. The van der Waals surface area contributed by atoms with E-state index in [4.69, 9.17) is 14.2 Å². The Morgan fingerprint density at radius 1 is 0.630 bits per heavy atom. The minimum absolute atomic E-state index is 0.256. The molecular formula is C24H34O3. The summed E-state index contributed by atoms with van der Waals surface area (Å²) in [4.78, 5) is 0. The van der Waals surface area contributed by atoms with Crippen molar-refractivity contribution in [1.29, 1.82) is 0 Å². The summed E-state index contributed by atoms with van der Waals surface area (Å²) in [6.07, 6.45) is 4.62. The van der Waals surface area contributed by atoms with Gasteiger partial charge in [-0.3, -0.25) is 0 Å². The molecule has 27 heavy (non-hydrogen) atoms. The highest BCUT2D eigenvalue weighted by molar-refractivity contribution is 5.28. The van der Waals surface area contributed by atoms with E-state index in [1.165, 1.54) is 11.1 Å². The van der Waals surface area contributed by atoms with Crippen molar-refractivity contribution >= 4 is 0 Å². The minimum atomic E-state index is 0.256. The Balaban J connectivity index is 1.67. The van der Waals surface area contributed by atoms with Crippen LogP contribution in [0.1, 0.15) is 51.7 Å². The zero-order valence-electron chi connectivity index (χ0n) is 17.2. The van der Waals surface area contributed by atoms with Gasteiger partial charge in [0.2, 0.25) is 0 Å². The van der Waals surface area contributed by atoms with E-state index in [-0.39, 0.29) is 12.2 Å². The first kappa shape index (κ1) is 21.3. The van der Waals surface area contributed by atoms with E-state index in [2.05, 4.69) is 38.1 Å². The van der Waals surface area contributed by atoms with Crippen molar-refractivity contribution < 1.29 is 14.2 Å². The number of rotatable bonds is 12. The third kappa shape index (κ3) is 8.04. The number of aryl methyl sites for hydroxylation is 2. The highest BCUT2D eigenvalue weighted by atomic mass is 16.5. The molecule has 0 saturated carbocycles. The van der Waals surface area contributed by atoms with E-state index in [9.17, 15) is 0 Å². The Morgan fingerprint density at radius 3 is 1.33 bits per heavy atom. The zero-order chi connectivity index (χ0) is 19.5. The van der Waals surface area contributed by atoms with Gasteiger partial charge >= 0.3 is 0 Å². The summed E-state index contributed by atoms with van der Waals surface area (Å²) >= 11 is 0. The average Bonchev–Trinajstić information content (AvgIpc) is 2.67. The molecule has 0 amide bonds. The fraction of sp³-hybridized carbons (Fsp3) is 0.500. The van der Waals surface area contributed by atoms with Crippen molar-refractivity contribution in [3.63, 3.8) is 0 Å². The molecule has 2 rings (SSSR count). The van der Waals surface area contributed by atoms with E-state index in [0.717, 1.165) is 37.2 Å². The molecule has 0 radical (unpaired) electrons. The van der Waals surface area contributed by atoms with Gasteiger partial charge in [-0.15, -0.1) is 0 Å². The van der Waals surface area contributed by atoms with Gasteiger partial charge in [0.15, 0.2) is 0 Å². The molecule has 2 aromatic rings. The summed E-state index contributed by atoms with van der Waals surface area (Å²) in [5.41, 5.74) is 2.66. The van der Waals surface area contributed by atoms with Crippen LogP contribution in [0.3, 0.4) is 0 Å². The topological polar surface area (TPSA) is 27.7 Å². The van der Waals surface area contributed by atoms with Gasteiger partial charge in [0, 0.05) is 0 Å². The standard InChI is InChI=1S/C24H34O3/c1-5-25-23-15-11-21(12-16-23)9-7-19(3)27-20(4)8-10-22-13-17-24(18-14-22)26-6-2/h11-20H,5-10H2,1-4H3. The second-order valence-electron chi connectivity index (χ2n) is 6.99. The van der Waals surface area contributed by atoms with Crippen LogP contribution in [-0.2, 0) is 17.6 Å². The molecule has 0 saturated heterocycles. The maximum atomic E-state index is 6.17. The summed E-state index contributed by atoms with van der Waals surface area (Å²) in [6.45, 7) is 9.76. The van der Waals surface area contributed by atoms with Crippen molar-refractivity contribution in [3.8, 4) is 11.5 Å². The van der Waals surface area contributed by atoms with Crippen LogP contribution in [0, 0.1) is 0 Å². The lowest BCUT2D eigenvalue weighted by Gasteiger charge is -2.19. The van der Waals surface area contributed by atoms with Crippen molar-refractivity contribution in [3.05, 3.63) is 59.7 Å². The van der Waals surface area contributed by atoms with Crippen LogP contribution in [0.2, 0.25) is 0 Å². The van der Waals surface area contributed by atoms with Gasteiger partial charge in [-0.1, -0.05) is 24.3 Å². The maximum Gasteiger partial charge on any atom is 0.119 e. The molecule has 0 aliphatic rings. The van der Waals surface area contributed by atoms with Gasteiger partial charge in [-0.2, -0.15) is 0 Å². The Hall–Kier alpha value is -2.00. The monoisotopic (exact) mass is 370 g/mol. The van der Waals surface area contributed by atoms with Crippen LogP contribution in [0.4, 0.5) is 0 Å². The smallest absolute Gasteiger partial charge is 0.119 e. The molecule has 0 aromatic heterocycles. The Morgan fingerprint density at radius 2 is 1.00 bits per heavy atom. The maximum absolute atomic E-state index is 6.17. The average molecular weight is 371 g/mol.